The number of aliphatic hydroxyl groups is 1. The van der Waals surface area contributed by atoms with Crippen LogP contribution in [0.15, 0.2) is 24.3 Å². The van der Waals surface area contributed by atoms with Gasteiger partial charge >= 0.3 is 11.8 Å². The first-order chi connectivity index (χ1) is 13.0. The Morgan fingerprint density at radius 3 is 2.70 bits per heavy atom. The molecule has 3 N–H and O–H groups in total. The highest BCUT2D eigenvalue weighted by Crippen LogP contribution is 2.34. The van der Waals surface area contributed by atoms with Gasteiger partial charge in [-0.1, -0.05) is 18.2 Å². The Hall–Kier alpha value is -2.49. The van der Waals surface area contributed by atoms with E-state index in [4.69, 9.17) is 4.74 Å². The molecule has 3 rings (SSSR count). The van der Waals surface area contributed by atoms with Crippen molar-refractivity contribution in [3.8, 4) is 0 Å². The van der Waals surface area contributed by atoms with Crippen LogP contribution in [-0.2, 0) is 19.1 Å². The summed E-state index contributed by atoms with van der Waals surface area (Å²) in [7, 11) is 1.62. The highest BCUT2D eigenvalue weighted by molar-refractivity contribution is 6.35. The SMILES string of the molecule is CN1C(=O)[C@H](NC(=O)C(=O)NC[C@H](O)CN2CCOCC2)c2ccccc21. The predicted molar refractivity (Wildman–Crippen MR) is 97.0 cm³/mol. The van der Waals surface area contributed by atoms with Crippen molar-refractivity contribution in [3.63, 3.8) is 0 Å². The van der Waals surface area contributed by atoms with Crippen molar-refractivity contribution in [2.75, 3.05) is 51.3 Å². The first kappa shape index (κ1) is 19.3. The van der Waals surface area contributed by atoms with Crippen LogP contribution in [-0.4, -0.2) is 80.3 Å². The minimum absolute atomic E-state index is 0.0429. The molecule has 9 nitrogen and oxygen atoms in total. The number of amides is 3. The number of carbonyl (C=O) groups is 3. The number of anilines is 1. The van der Waals surface area contributed by atoms with Crippen LogP contribution in [0.3, 0.4) is 0 Å². The molecule has 9 heteroatoms. The average Bonchev–Trinajstić information content (AvgIpc) is 2.92. The third-order valence-corrected chi connectivity index (χ3v) is 4.74. The van der Waals surface area contributed by atoms with Crippen LogP contribution < -0.4 is 15.5 Å². The smallest absolute Gasteiger partial charge is 0.310 e. The van der Waals surface area contributed by atoms with Gasteiger partial charge in [0.05, 0.1) is 19.3 Å². The summed E-state index contributed by atoms with van der Waals surface area (Å²) in [4.78, 5) is 40.0. The van der Waals surface area contributed by atoms with E-state index in [2.05, 4.69) is 10.6 Å². The molecular weight excluding hydrogens is 352 g/mol. The van der Waals surface area contributed by atoms with Crippen molar-refractivity contribution in [2.24, 2.45) is 0 Å². The fraction of sp³-hybridized carbons (Fsp3) is 0.500. The summed E-state index contributed by atoms with van der Waals surface area (Å²) in [5, 5.41) is 14.9. The van der Waals surface area contributed by atoms with E-state index in [1.807, 2.05) is 4.90 Å². The zero-order valence-corrected chi connectivity index (χ0v) is 15.2. The largest absolute Gasteiger partial charge is 0.390 e. The van der Waals surface area contributed by atoms with Crippen molar-refractivity contribution < 1.29 is 24.2 Å². The quantitative estimate of drug-likeness (QED) is 0.547. The molecule has 1 saturated heterocycles. The van der Waals surface area contributed by atoms with Crippen molar-refractivity contribution in [2.45, 2.75) is 12.1 Å². The topological polar surface area (TPSA) is 111 Å². The molecule has 146 valence electrons. The molecule has 0 radical (unpaired) electrons. The maximum Gasteiger partial charge on any atom is 0.310 e. The number of nitrogens with zero attached hydrogens (tertiary/aromatic N) is 2. The number of aliphatic hydroxyl groups excluding tert-OH is 1. The summed E-state index contributed by atoms with van der Waals surface area (Å²) < 4.78 is 5.24. The lowest BCUT2D eigenvalue weighted by Crippen LogP contribution is -2.48. The summed E-state index contributed by atoms with van der Waals surface area (Å²) >= 11 is 0. The third kappa shape index (κ3) is 4.44. The fourth-order valence-electron chi connectivity index (χ4n) is 3.26. The van der Waals surface area contributed by atoms with E-state index in [0.717, 1.165) is 13.1 Å². The van der Waals surface area contributed by atoms with E-state index < -0.39 is 24.0 Å². The van der Waals surface area contributed by atoms with Gasteiger partial charge in [0.15, 0.2) is 0 Å². The number of nitrogens with one attached hydrogen (secondary N) is 2. The van der Waals surface area contributed by atoms with E-state index in [1.165, 1.54) is 4.90 Å². The molecule has 1 fully saturated rings. The predicted octanol–water partition coefficient (Wildman–Crippen LogP) is -1.37. The average molecular weight is 376 g/mol. The highest BCUT2D eigenvalue weighted by Gasteiger charge is 2.36. The van der Waals surface area contributed by atoms with Gasteiger partial charge in [-0.25, -0.2) is 0 Å². The van der Waals surface area contributed by atoms with Crippen LogP contribution in [0.5, 0.6) is 0 Å². The van der Waals surface area contributed by atoms with E-state index in [9.17, 15) is 19.5 Å². The molecular formula is C18H24N4O5. The number of likely N-dealkylation sites (N-methyl/N-ethyl adjacent to an activating group) is 1. The van der Waals surface area contributed by atoms with Crippen LogP contribution in [0.2, 0.25) is 0 Å². The van der Waals surface area contributed by atoms with E-state index >= 15 is 0 Å². The van der Waals surface area contributed by atoms with Gasteiger partial charge < -0.3 is 25.4 Å². The van der Waals surface area contributed by atoms with Crippen molar-refractivity contribution in [1.29, 1.82) is 0 Å². The molecule has 0 unspecified atom stereocenters. The molecule has 1 aromatic rings. The van der Waals surface area contributed by atoms with Gasteiger partial charge in [-0.15, -0.1) is 0 Å². The molecule has 3 amide bonds. The van der Waals surface area contributed by atoms with Gasteiger partial charge in [0, 0.05) is 44.5 Å². The highest BCUT2D eigenvalue weighted by atomic mass is 16.5. The Labute approximate surface area is 157 Å². The van der Waals surface area contributed by atoms with Crippen LogP contribution in [0.1, 0.15) is 11.6 Å². The number of fused-ring (bicyclic) bond motifs is 1. The Bertz CT molecular complexity index is 719. The monoisotopic (exact) mass is 376 g/mol. The molecule has 27 heavy (non-hydrogen) atoms. The van der Waals surface area contributed by atoms with Crippen molar-refractivity contribution in [1.82, 2.24) is 15.5 Å². The Morgan fingerprint density at radius 2 is 1.96 bits per heavy atom. The van der Waals surface area contributed by atoms with Gasteiger partial charge in [0.2, 0.25) is 0 Å². The van der Waals surface area contributed by atoms with Gasteiger partial charge in [-0.05, 0) is 6.07 Å². The minimum Gasteiger partial charge on any atom is -0.390 e. The minimum atomic E-state index is -0.906. The van der Waals surface area contributed by atoms with Gasteiger partial charge in [-0.3, -0.25) is 19.3 Å². The molecule has 2 atom stereocenters. The van der Waals surface area contributed by atoms with Gasteiger partial charge in [0.1, 0.15) is 6.04 Å². The lowest BCUT2D eigenvalue weighted by molar-refractivity contribution is -0.140. The van der Waals surface area contributed by atoms with E-state index in [-0.39, 0.29) is 12.5 Å². The number of β-amino-alcohol motifs (C(OH)–C–C–N with tert-alkyl or cyclic N) is 1. The molecule has 2 aliphatic heterocycles. The Morgan fingerprint density at radius 1 is 1.26 bits per heavy atom. The van der Waals surface area contributed by atoms with E-state index in [0.29, 0.717) is 31.0 Å². The number of carbonyl (C=O) groups excluding carboxylic acids is 3. The zero-order valence-electron chi connectivity index (χ0n) is 15.2. The number of benzene rings is 1. The first-order valence-electron chi connectivity index (χ1n) is 8.90. The molecule has 0 aromatic heterocycles. The summed E-state index contributed by atoms with van der Waals surface area (Å²) in [5.41, 5.74) is 1.35. The second kappa shape index (κ2) is 8.47. The van der Waals surface area contributed by atoms with Crippen LogP contribution in [0.25, 0.3) is 0 Å². The van der Waals surface area contributed by atoms with Gasteiger partial charge in [-0.2, -0.15) is 0 Å². The molecule has 0 saturated carbocycles. The van der Waals surface area contributed by atoms with Crippen LogP contribution in [0.4, 0.5) is 5.69 Å². The maximum atomic E-state index is 12.3. The summed E-state index contributed by atoms with van der Waals surface area (Å²) in [5.74, 6) is -2.09. The molecule has 0 spiro atoms. The fourth-order valence-corrected chi connectivity index (χ4v) is 3.26. The molecule has 2 aliphatic rings. The number of para-hydroxylation sites is 1. The lowest BCUT2D eigenvalue weighted by Gasteiger charge is -2.28. The zero-order chi connectivity index (χ0) is 19.4. The van der Waals surface area contributed by atoms with Crippen LogP contribution in [0, 0.1) is 0 Å². The third-order valence-electron chi connectivity index (χ3n) is 4.74. The number of rotatable bonds is 5. The van der Waals surface area contributed by atoms with Gasteiger partial charge in [0.25, 0.3) is 5.91 Å². The maximum absolute atomic E-state index is 12.3. The van der Waals surface area contributed by atoms with Crippen molar-refractivity contribution in [3.05, 3.63) is 29.8 Å². The standard InChI is InChI=1S/C18H24N4O5/c1-21-14-5-3-2-4-13(14)15(18(21)26)20-17(25)16(24)19-10-12(23)11-22-6-8-27-9-7-22/h2-5,12,15,23H,6-11H2,1H3,(H,19,24)(H,20,25)/t12-,15+/m0/s1. The van der Waals surface area contributed by atoms with E-state index in [1.54, 1.807) is 31.3 Å². The van der Waals surface area contributed by atoms with Crippen LogP contribution >= 0.6 is 0 Å². The summed E-state index contributed by atoms with van der Waals surface area (Å²) in [6.45, 7) is 3.04. The Kier molecular flexibility index (Phi) is 6.04. The number of hydrogen-bond acceptors (Lipinski definition) is 6. The molecule has 2 heterocycles. The van der Waals surface area contributed by atoms with Crippen molar-refractivity contribution >= 4 is 23.4 Å². The molecule has 0 aliphatic carbocycles. The number of ether oxygens (including phenoxy) is 1. The number of morpholine rings is 1. The summed E-state index contributed by atoms with van der Waals surface area (Å²) in [6.07, 6.45) is -0.792. The second-order valence-corrected chi connectivity index (χ2v) is 6.64. The second-order valence-electron chi connectivity index (χ2n) is 6.64. The lowest BCUT2D eigenvalue weighted by atomic mass is 10.1. The number of hydrogen-bond donors (Lipinski definition) is 3. The first-order valence-corrected chi connectivity index (χ1v) is 8.90. The summed E-state index contributed by atoms with van der Waals surface area (Å²) in [6, 6.07) is 6.21. The Balaban J connectivity index is 1.49. The molecule has 1 aromatic carbocycles. The molecule has 0 bridgehead atoms. The normalized spacial score (nSPS) is 20.9.